The summed E-state index contributed by atoms with van der Waals surface area (Å²) in [5, 5.41) is 7.23. The van der Waals surface area contributed by atoms with Crippen molar-refractivity contribution in [1.82, 2.24) is 10.3 Å². The van der Waals surface area contributed by atoms with Crippen LogP contribution in [0.1, 0.15) is 0 Å². The fraction of sp³-hybridized carbons (Fsp3) is 0.286. The van der Waals surface area contributed by atoms with Crippen LogP contribution in [0, 0.1) is 0 Å². The number of rotatable bonds is 2. The molecule has 0 aliphatic carbocycles. The Morgan fingerprint density at radius 3 is 3.00 bits per heavy atom. The molecule has 1 saturated heterocycles. The second kappa shape index (κ2) is 4.85. The highest BCUT2D eigenvalue weighted by Gasteiger charge is 2.20. The summed E-state index contributed by atoms with van der Waals surface area (Å²) in [6.07, 6.45) is 0. The molecule has 1 aromatic carbocycles. The van der Waals surface area contributed by atoms with Gasteiger partial charge in [-0.3, -0.25) is 9.69 Å². The van der Waals surface area contributed by atoms with Crippen molar-refractivity contribution in [3.8, 4) is 0 Å². The van der Waals surface area contributed by atoms with E-state index in [2.05, 4.69) is 15.6 Å². The van der Waals surface area contributed by atoms with Gasteiger partial charge in [0.15, 0.2) is 0 Å². The summed E-state index contributed by atoms with van der Waals surface area (Å²) >= 11 is 0. The number of pyridine rings is 1. The zero-order valence-corrected chi connectivity index (χ0v) is 10.8. The Hall–Kier alpha value is -2.14. The normalized spacial score (nSPS) is 15.8. The molecule has 0 saturated carbocycles. The molecule has 0 radical (unpaired) electrons. The molecule has 1 aliphatic rings. The lowest BCUT2D eigenvalue weighted by molar-refractivity contribution is -0.118. The number of nitrogens with one attached hydrogen (secondary N) is 2. The number of piperazine rings is 1. The van der Waals surface area contributed by atoms with Crippen molar-refractivity contribution < 1.29 is 4.79 Å². The molecule has 1 fully saturated rings. The Labute approximate surface area is 111 Å². The first-order valence-corrected chi connectivity index (χ1v) is 6.37. The zero-order valence-electron chi connectivity index (χ0n) is 10.8. The number of anilines is 2. The smallest absolute Gasteiger partial charge is 0.242 e. The third kappa shape index (κ3) is 2.24. The van der Waals surface area contributed by atoms with E-state index in [0.29, 0.717) is 13.1 Å². The molecule has 5 heteroatoms. The van der Waals surface area contributed by atoms with Crippen LogP contribution in [0.15, 0.2) is 30.3 Å². The van der Waals surface area contributed by atoms with Gasteiger partial charge in [-0.1, -0.05) is 0 Å². The van der Waals surface area contributed by atoms with Crippen molar-refractivity contribution >= 4 is 28.3 Å². The van der Waals surface area contributed by atoms with E-state index in [1.54, 1.807) is 4.90 Å². The summed E-state index contributed by atoms with van der Waals surface area (Å²) in [5.41, 5.74) is 1.96. The van der Waals surface area contributed by atoms with Gasteiger partial charge >= 0.3 is 0 Å². The van der Waals surface area contributed by atoms with Crippen LogP contribution in [0.3, 0.4) is 0 Å². The fourth-order valence-electron chi connectivity index (χ4n) is 2.27. The predicted octanol–water partition coefficient (Wildman–Crippen LogP) is 1.21. The summed E-state index contributed by atoms with van der Waals surface area (Å²) in [6.45, 7) is 1.87. The van der Waals surface area contributed by atoms with E-state index in [1.165, 1.54) is 0 Å². The third-order valence-electron chi connectivity index (χ3n) is 3.33. The van der Waals surface area contributed by atoms with Crippen LogP contribution in [-0.4, -0.2) is 37.6 Å². The number of benzene rings is 1. The van der Waals surface area contributed by atoms with Crippen LogP contribution in [-0.2, 0) is 4.79 Å². The minimum atomic E-state index is 0.0740. The van der Waals surface area contributed by atoms with Crippen LogP contribution in [0.4, 0.5) is 11.5 Å². The summed E-state index contributed by atoms with van der Waals surface area (Å²) in [6, 6.07) is 9.92. The van der Waals surface area contributed by atoms with E-state index >= 15 is 0 Å². The Morgan fingerprint density at radius 1 is 1.32 bits per heavy atom. The van der Waals surface area contributed by atoms with Gasteiger partial charge in [-0.25, -0.2) is 4.98 Å². The van der Waals surface area contributed by atoms with Crippen molar-refractivity contribution in [1.29, 1.82) is 0 Å². The standard InChI is InChI=1S/C14H16N4O/c1-15-11-3-4-12-10(8-11)2-5-13(17-12)18-7-6-16-9-14(18)19/h2-5,8,15-16H,6-7,9H2,1H3. The molecule has 0 spiro atoms. The van der Waals surface area contributed by atoms with Gasteiger partial charge in [-0.15, -0.1) is 0 Å². The second-order valence-corrected chi connectivity index (χ2v) is 4.55. The van der Waals surface area contributed by atoms with Gasteiger partial charge in [0.25, 0.3) is 0 Å². The first-order chi connectivity index (χ1) is 9.28. The SMILES string of the molecule is CNc1ccc2nc(N3CCNCC3=O)ccc2c1. The van der Waals surface area contributed by atoms with E-state index in [4.69, 9.17) is 0 Å². The van der Waals surface area contributed by atoms with Crippen molar-refractivity contribution in [2.24, 2.45) is 0 Å². The molecule has 2 heterocycles. The molecule has 0 unspecified atom stereocenters. The quantitative estimate of drug-likeness (QED) is 0.848. The summed E-state index contributed by atoms with van der Waals surface area (Å²) in [4.78, 5) is 18.2. The monoisotopic (exact) mass is 256 g/mol. The van der Waals surface area contributed by atoms with E-state index < -0.39 is 0 Å². The fourth-order valence-corrected chi connectivity index (χ4v) is 2.27. The highest BCUT2D eigenvalue weighted by Crippen LogP contribution is 2.21. The second-order valence-electron chi connectivity index (χ2n) is 4.55. The maximum absolute atomic E-state index is 11.8. The number of hydrogen-bond donors (Lipinski definition) is 2. The molecule has 5 nitrogen and oxygen atoms in total. The molecule has 98 valence electrons. The van der Waals surface area contributed by atoms with Gasteiger partial charge in [-0.2, -0.15) is 0 Å². The maximum atomic E-state index is 11.8. The molecule has 1 amide bonds. The van der Waals surface area contributed by atoms with E-state index in [0.717, 1.165) is 29.0 Å². The van der Waals surface area contributed by atoms with Crippen LogP contribution < -0.4 is 15.5 Å². The largest absolute Gasteiger partial charge is 0.388 e. The first-order valence-electron chi connectivity index (χ1n) is 6.37. The average molecular weight is 256 g/mol. The van der Waals surface area contributed by atoms with Crippen LogP contribution in [0.5, 0.6) is 0 Å². The number of aromatic nitrogens is 1. The zero-order chi connectivity index (χ0) is 13.2. The summed E-state index contributed by atoms with van der Waals surface area (Å²) < 4.78 is 0. The Balaban J connectivity index is 1.99. The molecule has 3 rings (SSSR count). The van der Waals surface area contributed by atoms with Crippen molar-refractivity contribution in [2.45, 2.75) is 0 Å². The van der Waals surface area contributed by atoms with Crippen molar-refractivity contribution in [3.63, 3.8) is 0 Å². The van der Waals surface area contributed by atoms with Gasteiger partial charge < -0.3 is 10.6 Å². The van der Waals surface area contributed by atoms with Gasteiger partial charge in [-0.05, 0) is 30.3 Å². The molecule has 19 heavy (non-hydrogen) atoms. The van der Waals surface area contributed by atoms with Gasteiger partial charge in [0.2, 0.25) is 5.91 Å². The Kier molecular flexibility index (Phi) is 3.05. The highest BCUT2D eigenvalue weighted by atomic mass is 16.2. The van der Waals surface area contributed by atoms with Crippen LogP contribution >= 0.6 is 0 Å². The van der Waals surface area contributed by atoms with Crippen LogP contribution in [0.25, 0.3) is 10.9 Å². The number of nitrogens with zero attached hydrogens (tertiary/aromatic N) is 2. The molecule has 1 aromatic heterocycles. The Morgan fingerprint density at radius 2 is 2.21 bits per heavy atom. The average Bonchev–Trinajstić information content (AvgIpc) is 2.46. The summed E-state index contributed by atoms with van der Waals surface area (Å²) in [5.74, 6) is 0.807. The molecule has 2 aromatic rings. The minimum absolute atomic E-state index is 0.0740. The van der Waals surface area contributed by atoms with E-state index in [-0.39, 0.29) is 5.91 Å². The van der Waals surface area contributed by atoms with Crippen molar-refractivity contribution in [2.75, 3.05) is 36.9 Å². The lowest BCUT2D eigenvalue weighted by Crippen LogP contribution is -2.48. The maximum Gasteiger partial charge on any atom is 0.242 e. The number of carbonyl (C=O) groups is 1. The number of fused-ring (bicyclic) bond motifs is 1. The van der Waals surface area contributed by atoms with Gasteiger partial charge in [0.1, 0.15) is 5.82 Å². The molecule has 0 bridgehead atoms. The molecular weight excluding hydrogens is 240 g/mol. The highest BCUT2D eigenvalue weighted by molar-refractivity contribution is 5.96. The minimum Gasteiger partial charge on any atom is -0.388 e. The Bertz CT molecular complexity index is 626. The van der Waals surface area contributed by atoms with Crippen LogP contribution in [0.2, 0.25) is 0 Å². The lowest BCUT2D eigenvalue weighted by Gasteiger charge is -2.26. The van der Waals surface area contributed by atoms with Gasteiger partial charge in [0.05, 0.1) is 12.1 Å². The topological polar surface area (TPSA) is 57.3 Å². The van der Waals surface area contributed by atoms with Crippen molar-refractivity contribution in [3.05, 3.63) is 30.3 Å². The molecule has 1 aliphatic heterocycles. The lowest BCUT2D eigenvalue weighted by atomic mass is 10.2. The van der Waals surface area contributed by atoms with E-state index in [9.17, 15) is 4.79 Å². The first kappa shape index (κ1) is 11.9. The molecule has 0 atom stereocenters. The van der Waals surface area contributed by atoms with Gasteiger partial charge in [0, 0.05) is 31.2 Å². The summed E-state index contributed by atoms with van der Waals surface area (Å²) in [7, 11) is 1.89. The third-order valence-corrected chi connectivity index (χ3v) is 3.33. The number of carbonyl (C=O) groups excluding carboxylic acids is 1. The molecule has 2 N–H and O–H groups in total. The predicted molar refractivity (Wildman–Crippen MR) is 76.5 cm³/mol. The molecular formula is C14H16N4O. The number of hydrogen-bond acceptors (Lipinski definition) is 4. The van der Waals surface area contributed by atoms with E-state index in [1.807, 2.05) is 37.4 Å². The number of amides is 1.